The highest BCUT2D eigenvalue weighted by Crippen LogP contribution is 2.37. The van der Waals surface area contributed by atoms with Crippen LogP contribution in [0, 0.1) is 5.92 Å². The summed E-state index contributed by atoms with van der Waals surface area (Å²) >= 11 is 0. The van der Waals surface area contributed by atoms with E-state index in [-0.39, 0.29) is 41.7 Å². The number of anilines is 2. The minimum Gasteiger partial charge on any atom is -0.326 e. The zero-order valence-electron chi connectivity index (χ0n) is 11.6. The van der Waals surface area contributed by atoms with Gasteiger partial charge in [0.05, 0.1) is 17.5 Å². The van der Waals surface area contributed by atoms with E-state index in [1.165, 1.54) is 6.92 Å². The molecule has 0 aromatic heterocycles. The molecule has 3 rings (SSSR count). The first-order valence-corrected chi connectivity index (χ1v) is 8.58. The highest BCUT2D eigenvalue weighted by Gasteiger charge is 2.49. The van der Waals surface area contributed by atoms with E-state index in [0.29, 0.717) is 11.4 Å². The molecule has 2 heterocycles. The summed E-state index contributed by atoms with van der Waals surface area (Å²) in [4.78, 5) is 24.7. The number of fused-ring (bicyclic) bond motifs is 1. The number of benzene rings is 1. The molecule has 1 aromatic rings. The fourth-order valence-corrected chi connectivity index (χ4v) is 5.20. The van der Waals surface area contributed by atoms with Crippen LogP contribution in [-0.4, -0.2) is 37.8 Å². The molecule has 2 amide bonds. The molecule has 0 aliphatic carbocycles. The van der Waals surface area contributed by atoms with Gasteiger partial charge in [-0.25, -0.2) is 8.42 Å². The zero-order valence-corrected chi connectivity index (χ0v) is 12.4. The third-order valence-electron chi connectivity index (χ3n) is 3.94. The third kappa shape index (κ3) is 2.65. The Balaban J connectivity index is 1.85. The molecule has 2 aliphatic rings. The monoisotopic (exact) mass is 308 g/mol. The van der Waals surface area contributed by atoms with E-state index in [9.17, 15) is 18.0 Å². The Hall–Kier alpha value is -1.89. The number of rotatable bonds is 2. The standard InChI is InChI=1S/C14H16N2O4S/c1-9(17)15-11-2-4-12(5-3-11)16-13-8-21(19,20)7-10(13)6-14(16)18/h2-5,10,13H,6-8H2,1H3,(H,15,17)/t10-,13+/m0/s1. The van der Waals surface area contributed by atoms with Crippen LogP contribution in [0.1, 0.15) is 13.3 Å². The lowest BCUT2D eigenvalue weighted by molar-refractivity contribution is -0.117. The molecule has 0 radical (unpaired) electrons. The van der Waals surface area contributed by atoms with Crippen molar-refractivity contribution in [2.45, 2.75) is 19.4 Å². The van der Waals surface area contributed by atoms with Crippen molar-refractivity contribution >= 4 is 33.0 Å². The Morgan fingerprint density at radius 3 is 2.52 bits per heavy atom. The van der Waals surface area contributed by atoms with Crippen LogP contribution in [0.4, 0.5) is 11.4 Å². The number of carbonyl (C=O) groups excluding carboxylic acids is 2. The normalized spacial score (nSPS) is 26.7. The molecule has 112 valence electrons. The number of nitrogens with zero attached hydrogens (tertiary/aromatic N) is 1. The van der Waals surface area contributed by atoms with Crippen molar-refractivity contribution in [3.8, 4) is 0 Å². The van der Waals surface area contributed by atoms with Crippen molar-refractivity contribution in [3.05, 3.63) is 24.3 Å². The minimum absolute atomic E-state index is 0.0350. The van der Waals surface area contributed by atoms with Crippen LogP contribution in [0.2, 0.25) is 0 Å². The van der Waals surface area contributed by atoms with Crippen LogP contribution in [0.5, 0.6) is 0 Å². The lowest BCUT2D eigenvalue weighted by Gasteiger charge is -2.23. The zero-order chi connectivity index (χ0) is 15.2. The van der Waals surface area contributed by atoms with Crippen molar-refractivity contribution in [2.24, 2.45) is 5.92 Å². The van der Waals surface area contributed by atoms with Crippen molar-refractivity contribution in [1.82, 2.24) is 0 Å². The molecule has 0 bridgehead atoms. The van der Waals surface area contributed by atoms with Crippen molar-refractivity contribution in [2.75, 3.05) is 21.7 Å². The van der Waals surface area contributed by atoms with Gasteiger partial charge in [-0.3, -0.25) is 9.59 Å². The average Bonchev–Trinajstić information content (AvgIpc) is 2.80. The van der Waals surface area contributed by atoms with Gasteiger partial charge in [0.2, 0.25) is 11.8 Å². The van der Waals surface area contributed by atoms with Crippen LogP contribution in [-0.2, 0) is 19.4 Å². The second-order valence-electron chi connectivity index (χ2n) is 5.60. The summed E-state index contributed by atoms with van der Waals surface area (Å²) in [5.41, 5.74) is 1.33. The summed E-state index contributed by atoms with van der Waals surface area (Å²) in [7, 11) is -3.04. The van der Waals surface area contributed by atoms with Gasteiger partial charge in [-0.2, -0.15) is 0 Å². The van der Waals surface area contributed by atoms with E-state index >= 15 is 0 Å². The molecule has 2 saturated heterocycles. The van der Waals surface area contributed by atoms with Crippen LogP contribution in [0.25, 0.3) is 0 Å². The summed E-state index contributed by atoms with van der Waals surface area (Å²) in [6.07, 6.45) is 0.289. The van der Waals surface area contributed by atoms with E-state index < -0.39 is 9.84 Å². The van der Waals surface area contributed by atoms with Crippen LogP contribution in [0.3, 0.4) is 0 Å². The quantitative estimate of drug-likeness (QED) is 0.875. The van der Waals surface area contributed by atoms with E-state index in [0.717, 1.165) is 0 Å². The first-order chi connectivity index (χ1) is 9.85. The van der Waals surface area contributed by atoms with Gasteiger partial charge in [-0.15, -0.1) is 0 Å². The second-order valence-corrected chi connectivity index (χ2v) is 7.75. The fraction of sp³-hybridized carbons (Fsp3) is 0.429. The summed E-state index contributed by atoms with van der Waals surface area (Å²) in [5, 5.41) is 2.65. The van der Waals surface area contributed by atoms with Crippen LogP contribution < -0.4 is 10.2 Å². The maximum atomic E-state index is 12.1. The fourth-order valence-electron chi connectivity index (χ4n) is 3.13. The maximum absolute atomic E-state index is 12.1. The number of nitrogens with one attached hydrogen (secondary N) is 1. The second kappa shape index (κ2) is 4.84. The van der Waals surface area contributed by atoms with Crippen molar-refractivity contribution < 1.29 is 18.0 Å². The predicted octanol–water partition coefficient (Wildman–Crippen LogP) is 0.795. The van der Waals surface area contributed by atoms with Gasteiger partial charge in [0.1, 0.15) is 0 Å². The molecule has 0 spiro atoms. The highest BCUT2D eigenvalue weighted by atomic mass is 32.2. The third-order valence-corrected chi connectivity index (χ3v) is 5.73. The molecule has 0 unspecified atom stereocenters. The maximum Gasteiger partial charge on any atom is 0.227 e. The van der Waals surface area contributed by atoms with Gasteiger partial charge >= 0.3 is 0 Å². The van der Waals surface area contributed by atoms with E-state index in [4.69, 9.17) is 0 Å². The number of amides is 2. The Morgan fingerprint density at radius 1 is 1.24 bits per heavy atom. The van der Waals surface area contributed by atoms with Crippen LogP contribution in [0.15, 0.2) is 24.3 Å². The first kappa shape index (κ1) is 14.1. The predicted molar refractivity (Wildman–Crippen MR) is 78.8 cm³/mol. The first-order valence-electron chi connectivity index (χ1n) is 6.76. The molecule has 2 aliphatic heterocycles. The highest BCUT2D eigenvalue weighted by molar-refractivity contribution is 7.91. The summed E-state index contributed by atoms with van der Waals surface area (Å²) in [6.45, 7) is 1.42. The van der Waals surface area contributed by atoms with E-state index in [1.54, 1.807) is 29.2 Å². The van der Waals surface area contributed by atoms with Crippen molar-refractivity contribution in [1.29, 1.82) is 0 Å². The van der Waals surface area contributed by atoms with E-state index in [1.807, 2.05) is 0 Å². The van der Waals surface area contributed by atoms with Gasteiger partial charge in [-0.1, -0.05) is 0 Å². The van der Waals surface area contributed by atoms with Crippen LogP contribution >= 0.6 is 0 Å². The molecular formula is C14H16N2O4S. The van der Waals surface area contributed by atoms with Gasteiger partial charge in [0.15, 0.2) is 9.84 Å². The Morgan fingerprint density at radius 2 is 1.90 bits per heavy atom. The smallest absolute Gasteiger partial charge is 0.227 e. The SMILES string of the molecule is CC(=O)Nc1ccc(N2C(=O)C[C@H]3CS(=O)(=O)C[C@H]32)cc1. The molecule has 7 heteroatoms. The Bertz CT molecular complexity index is 696. The number of hydrogen-bond acceptors (Lipinski definition) is 4. The number of hydrogen-bond donors (Lipinski definition) is 1. The van der Waals surface area contributed by atoms with Crippen molar-refractivity contribution in [3.63, 3.8) is 0 Å². The molecule has 2 atom stereocenters. The molecule has 1 aromatic carbocycles. The average molecular weight is 308 g/mol. The lowest BCUT2D eigenvalue weighted by Crippen LogP contribution is -2.36. The molecule has 21 heavy (non-hydrogen) atoms. The lowest BCUT2D eigenvalue weighted by atomic mass is 10.0. The van der Waals surface area contributed by atoms with Gasteiger partial charge in [0, 0.05) is 30.6 Å². The molecule has 6 nitrogen and oxygen atoms in total. The minimum atomic E-state index is -3.04. The van der Waals surface area contributed by atoms with Gasteiger partial charge in [0.25, 0.3) is 0 Å². The summed E-state index contributed by atoms with van der Waals surface area (Å²) < 4.78 is 23.4. The number of carbonyl (C=O) groups is 2. The largest absolute Gasteiger partial charge is 0.326 e. The molecule has 2 fully saturated rings. The summed E-state index contributed by atoms with van der Waals surface area (Å²) in [5.74, 6) is -0.160. The van der Waals surface area contributed by atoms with Gasteiger partial charge in [-0.05, 0) is 24.3 Å². The Kier molecular flexibility index (Phi) is 3.24. The topological polar surface area (TPSA) is 83.6 Å². The molecular weight excluding hydrogens is 292 g/mol. The molecule has 1 N–H and O–H groups in total. The number of sulfone groups is 1. The van der Waals surface area contributed by atoms with E-state index in [2.05, 4.69) is 5.32 Å². The van der Waals surface area contributed by atoms with Gasteiger partial charge < -0.3 is 10.2 Å². The Labute approximate surface area is 123 Å². The summed E-state index contributed by atoms with van der Waals surface area (Å²) in [6, 6.07) is 6.63. The molecule has 0 saturated carbocycles.